The fraction of sp³-hybridized carbons (Fsp3) is 0.542. The topological polar surface area (TPSA) is 95.0 Å². The largest absolute Gasteiger partial charge is 0.508 e. The molecule has 1 fully saturated rings. The minimum atomic E-state index is -0.906. The number of halogens is 1. The van der Waals surface area contributed by atoms with E-state index < -0.39 is 35.6 Å². The quantitative estimate of drug-likeness (QED) is 0.547. The van der Waals surface area contributed by atoms with Gasteiger partial charge in [0.15, 0.2) is 0 Å². The van der Waals surface area contributed by atoms with Crippen LogP contribution in [-0.4, -0.2) is 40.5 Å². The van der Waals surface area contributed by atoms with E-state index in [0.29, 0.717) is 18.4 Å². The molecule has 0 bridgehead atoms. The summed E-state index contributed by atoms with van der Waals surface area (Å²) in [4.78, 5) is 27.9. The van der Waals surface area contributed by atoms with Gasteiger partial charge in [-0.05, 0) is 56.6 Å². The molecule has 0 radical (unpaired) electrons. The van der Waals surface area contributed by atoms with Crippen molar-refractivity contribution in [2.24, 2.45) is 11.3 Å². The number of nitrogens with zero attached hydrogens (tertiary/aromatic N) is 1. The zero-order valence-electron chi connectivity index (χ0n) is 18.4. The Morgan fingerprint density at radius 2 is 2.22 bits per heavy atom. The van der Waals surface area contributed by atoms with Gasteiger partial charge in [0.1, 0.15) is 18.5 Å². The number of ether oxygens (including phenoxy) is 3. The third-order valence-electron chi connectivity index (χ3n) is 6.05. The number of aliphatic hydroxyl groups excluding tert-OH is 1. The first-order chi connectivity index (χ1) is 15.2. The van der Waals surface area contributed by atoms with E-state index in [2.05, 4.69) is 17.1 Å². The van der Waals surface area contributed by atoms with E-state index in [1.165, 1.54) is 24.4 Å². The lowest BCUT2D eigenvalue weighted by Gasteiger charge is -2.30. The molecule has 1 aliphatic heterocycles. The SMILES string of the molecule is C[C@H]1CCC/C=C/C2(C)C[C@H](OC(=O)OCc3cncc(F)c3)C[C@H]2[C@H](O)/C=C/C(=O)O1. The summed E-state index contributed by atoms with van der Waals surface area (Å²) in [7, 11) is 0. The summed E-state index contributed by atoms with van der Waals surface area (Å²) < 4.78 is 29.1. The molecule has 0 aromatic carbocycles. The van der Waals surface area contributed by atoms with Crippen molar-refractivity contribution in [2.45, 2.75) is 70.9 Å². The standard InChI is InChI=1S/C24H30FNO6/c1-16-6-4-3-5-9-24(2)12-19(11-20(24)21(27)7-8-22(28)31-16)32-23(29)30-15-17-10-18(25)14-26-13-17/h5,7-10,13-14,16,19-21,27H,3-4,6,11-12,15H2,1-2H3/b8-7+,9-5+/t16-,19+,20-,21+,24?/m0/s1. The molecule has 1 aromatic rings. The first kappa shape index (κ1) is 23.9. The van der Waals surface area contributed by atoms with Gasteiger partial charge in [-0.15, -0.1) is 0 Å². The Bertz CT molecular complexity index is 872. The Balaban J connectivity index is 1.64. The lowest BCUT2D eigenvalue weighted by atomic mass is 9.76. The molecule has 32 heavy (non-hydrogen) atoms. The molecular weight excluding hydrogens is 417 g/mol. The maximum absolute atomic E-state index is 13.2. The van der Waals surface area contributed by atoms with Crippen LogP contribution in [0.5, 0.6) is 0 Å². The minimum absolute atomic E-state index is 0.150. The normalized spacial score (nSPS) is 32.9. The third-order valence-corrected chi connectivity index (χ3v) is 6.05. The van der Waals surface area contributed by atoms with Crippen LogP contribution in [0.15, 0.2) is 42.8 Å². The maximum Gasteiger partial charge on any atom is 0.508 e. The average molecular weight is 448 g/mol. The molecule has 174 valence electrons. The molecule has 2 heterocycles. The van der Waals surface area contributed by atoms with Gasteiger partial charge in [0.05, 0.1) is 18.4 Å². The monoisotopic (exact) mass is 447 g/mol. The van der Waals surface area contributed by atoms with Crippen molar-refractivity contribution in [2.75, 3.05) is 0 Å². The molecule has 1 unspecified atom stereocenters. The highest BCUT2D eigenvalue weighted by Gasteiger charge is 2.46. The minimum Gasteiger partial charge on any atom is -0.460 e. The fourth-order valence-electron chi connectivity index (χ4n) is 4.42. The summed E-state index contributed by atoms with van der Waals surface area (Å²) in [6, 6.07) is 1.23. The first-order valence-electron chi connectivity index (χ1n) is 10.9. The number of cyclic esters (lactones) is 1. The van der Waals surface area contributed by atoms with Crippen molar-refractivity contribution >= 4 is 12.1 Å². The fourth-order valence-corrected chi connectivity index (χ4v) is 4.42. The van der Waals surface area contributed by atoms with Gasteiger partial charge in [-0.3, -0.25) is 4.98 Å². The van der Waals surface area contributed by atoms with Crippen LogP contribution in [-0.2, 0) is 25.6 Å². The van der Waals surface area contributed by atoms with E-state index in [-0.39, 0.29) is 18.6 Å². The maximum atomic E-state index is 13.2. The molecular formula is C24H30FNO6. The Morgan fingerprint density at radius 3 is 3.00 bits per heavy atom. The number of hydrogen-bond donors (Lipinski definition) is 1. The molecule has 5 atom stereocenters. The number of aliphatic hydroxyl groups is 1. The summed E-state index contributed by atoms with van der Waals surface area (Å²) >= 11 is 0. The molecule has 3 rings (SSSR count). The van der Waals surface area contributed by atoms with Crippen LogP contribution < -0.4 is 0 Å². The number of hydrogen-bond acceptors (Lipinski definition) is 7. The number of esters is 1. The van der Waals surface area contributed by atoms with Gasteiger partial charge in [-0.2, -0.15) is 0 Å². The predicted molar refractivity (Wildman–Crippen MR) is 114 cm³/mol. The summed E-state index contributed by atoms with van der Waals surface area (Å²) in [5, 5.41) is 10.8. The van der Waals surface area contributed by atoms with Gasteiger partial charge in [0, 0.05) is 23.8 Å². The molecule has 8 heteroatoms. The molecule has 1 aromatic heterocycles. The zero-order chi connectivity index (χ0) is 23.1. The van der Waals surface area contributed by atoms with Crippen LogP contribution in [0.2, 0.25) is 0 Å². The van der Waals surface area contributed by atoms with Crippen molar-refractivity contribution in [3.05, 3.63) is 54.1 Å². The number of carbonyl (C=O) groups is 2. The lowest BCUT2D eigenvalue weighted by molar-refractivity contribution is -0.142. The predicted octanol–water partition coefficient (Wildman–Crippen LogP) is 4.25. The van der Waals surface area contributed by atoms with Gasteiger partial charge in [0.2, 0.25) is 0 Å². The van der Waals surface area contributed by atoms with Crippen LogP contribution in [0.3, 0.4) is 0 Å². The summed E-state index contributed by atoms with van der Waals surface area (Å²) in [6.45, 7) is 3.72. The van der Waals surface area contributed by atoms with E-state index in [0.717, 1.165) is 25.5 Å². The number of rotatable bonds is 3. The van der Waals surface area contributed by atoms with Crippen molar-refractivity contribution in [1.82, 2.24) is 4.98 Å². The molecule has 0 amide bonds. The van der Waals surface area contributed by atoms with E-state index in [1.807, 2.05) is 13.8 Å². The number of pyridine rings is 1. The molecule has 1 saturated carbocycles. The highest BCUT2D eigenvalue weighted by Crippen LogP contribution is 2.48. The average Bonchev–Trinajstić information content (AvgIpc) is 3.06. The van der Waals surface area contributed by atoms with Crippen LogP contribution >= 0.6 is 0 Å². The van der Waals surface area contributed by atoms with Crippen LogP contribution in [0.25, 0.3) is 0 Å². The Hall–Kier alpha value is -2.74. The number of aromatic nitrogens is 1. The second-order valence-corrected chi connectivity index (χ2v) is 8.77. The van der Waals surface area contributed by atoms with Crippen molar-refractivity contribution in [1.29, 1.82) is 0 Å². The molecule has 1 aliphatic carbocycles. The van der Waals surface area contributed by atoms with E-state index in [4.69, 9.17) is 14.2 Å². The summed E-state index contributed by atoms with van der Waals surface area (Å²) in [6.07, 6.45) is 10.3. The molecule has 7 nitrogen and oxygen atoms in total. The lowest BCUT2D eigenvalue weighted by Crippen LogP contribution is -2.29. The van der Waals surface area contributed by atoms with Gasteiger partial charge in [-0.1, -0.05) is 19.1 Å². The van der Waals surface area contributed by atoms with Gasteiger partial charge in [0.25, 0.3) is 0 Å². The third kappa shape index (κ3) is 6.63. The van der Waals surface area contributed by atoms with E-state index in [1.54, 1.807) is 0 Å². The Labute approximate surface area is 187 Å². The van der Waals surface area contributed by atoms with Crippen LogP contribution in [0.4, 0.5) is 9.18 Å². The van der Waals surface area contributed by atoms with Crippen molar-refractivity contribution < 1.29 is 33.3 Å². The molecule has 0 saturated heterocycles. The smallest absolute Gasteiger partial charge is 0.460 e. The second kappa shape index (κ2) is 10.7. The number of allylic oxidation sites excluding steroid dienone is 2. The molecule has 1 N–H and O–H groups in total. The highest BCUT2D eigenvalue weighted by molar-refractivity contribution is 5.82. The number of carbonyl (C=O) groups excluding carboxylic acids is 2. The highest BCUT2D eigenvalue weighted by atomic mass is 19.1. The summed E-state index contributed by atoms with van der Waals surface area (Å²) in [5.74, 6) is -1.25. The molecule has 2 aliphatic rings. The molecule has 0 spiro atoms. The van der Waals surface area contributed by atoms with Gasteiger partial charge in [-0.25, -0.2) is 14.0 Å². The Kier molecular flexibility index (Phi) is 8.01. The summed E-state index contributed by atoms with van der Waals surface area (Å²) in [5.41, 5.74) is -0.00711. The van der Waals surface area contributed by atoms with E-state index in [9.17, 15) is 19.1 Å². The van der Waals surface area contributed by atoms with Gasteiger partial charge >= 0.3 is 12.1 Å². The van der Waals surface area contributed by atoms with E-state index >= 15 is 0 Å². The van der Waals surface area contributed by atoms with Crippen LogP contribution in [0.1, 0.15) is 51.5 Å². The zero-order valence-corrected chi connectivity index (χ0v) is 18.4. The van der Waals surface area contributed by atoms with Gasteiger partial charge < -0.3 is 19.3 Å². The Morgan fingerprint density at radius 1 is 1.41 bits per heavy atom. The van der Waals surface area contributed by atoms with Crippen LogP contribution in [0, 0.1) is 17.2 Å². The van der Waals surface area contributed by atoms with Crippen molar-refractivity contribution in [3.63, 3.8) is 0 Å². The second-order valence-electron chi connectivity index (χ2n) is 8.77. The number of fused-ring (bicyclic) bond motifs is 1. The first-order valence-corrected chi connectivity index (χ1v) is 10.9. The van der Waals surface area contributed by atoms with Crippen molar-refractivity contribution in [3.8, 4) is 0 Å².